The van der Waals surface area contributed by atoms with E-state index in [1.807, 2.05) is 0 Å². The van der Waals surface area contributed by atoms with Gasteiger partial charge in [0, 0.05) is 12.7 Å². The summed E-state index contributed by atoms with van der Waals surface area (Å²) in [6.07, 6.45) is -3.13. The standard InChI is InChI=1S/C13H10F5N3/c14-8-2-1-7(5-9(8)15)10-3-4-21-6-11(13(16,17)18)20-12(21)19-10/h1-2,5-6,10H,3-4H2,(H,19,20). The predicted molar refractivity (Wildman–Crippen MR) is 64.6 cm³/mol. The maximum Gasteiger partial charge on any atom is 0.434 e. The fraction of sp³-hybridized carbons (Fsp3) is 0.308. The fourth-order valence-corrected chi connectivity index (χ4v) is 2.31. The molecule has 3 rings (SSSR count). The van der Waals surface area contributed by atoms with Gasteiger partial charge in [0.1, 0.15) is 0 Å². The van der Waals surface area contributed by atoms with E-state index < -0.39 is 29.5 Å². The van der Waals surface area contributed by atoms with Crippen LogP contribution in [0.2, 0.25) is 0 Å². The van der Waals surface area contributed by atoms with Gasteiger partial charge in [-0.3, -0.25) is 0 Å². The van der Waals surface area contributed by atoms with Crippen LogP contribution in [0.3, 0.4) is 0 Å². The molecule has 1 aromatic heterocycles. The Balaban J connectivity index is 1.87. The molecule has 2 heterocycles. The topological polar surface area (TPSA) is 29.9 Å². The molecule has 1 aromatic carbocycles. The Labute approximate surface area is 116 Å². The van der Waals surface area contributed by atoms with Gasteiger partial charge in [-0.05, 0) is 24.1 Å². The van der Waals surface area contributed by atoms with Crippen molar-refractivity contribution in [1.29, 1.82) is 0 Å². The Morgan fingerprint density at radius 2 is 1.95 bits per heavy atom. The van der Waals surface area contributed by atoms with Crippen molar-refractivity contribution < 1.29 is 22.0 Å². The van der Waals surface area contributed by atoms with Gasteiger partial charge in [-0.25, -0.2) is 13.8 Å². The number of hydrogen-bond donors (Lipinski definition) is 1. The van der Waals surface area contributed by atoms with Crippen LogP contribution in [0.1, 0.15) is 23.7 Å². The summed E-state index contributed by atoms with van der Waals surface area (Å²) in [4.78, 5) is 3.50. The largest absolute Gasteiger partial charge is 0.434 e. The molecule has 1 unspecified atom stereocenters. The molecule has 0 amide bonds. The quantitative estimate of drug-likeness (QED) is 0.813. The second-order valence-corrected chi connectivity index (χ2v) is 4.80. The summed E-state index contributed by atoms with van der Waals surface area (Å²) in [5, 5.41) is 2.82. The second-order valence-electron chi connectivity index (χ2n) is 4.80. The van der Waals surface area contributed by atoms with E-state index in [1.165, 1.54) is 10.6 Å². The molecule has 112 valence electrons. The maximum atomic E-state index is 13.2. The number of nitrogens with zero attached hydrogens (tertiary/aromatic N) is 2. The molecule has 1 atom stereocenters. The number of anilines is 1. The molecule has 8 heteroatoms. The first-order chi connectivity index (χ1) is 9.84. The third kappa shape index (κ3) is 2.57. The van der Waals surface area contributed by atoms with Gasteiger partial charge in [-0.1, -0.05) is 6.07 Å². The van der Waals surface area contributed by atoms with Crippen LogP contribution in [-0.2, 0) is 12.7 Å². The molecular weight excluding hydrogens is 293 g/mol. The molecule has 0 saturated heterocycles. The zero-order chi connectivity index (χ0) is 15.2. The number of imidazole rings is 1. The molecule has 2 aromatic rings. The average Bonchev–Trinajstić information content (AvgIpc) is 2.85. The van der Waals surface area contributed by atoms with Crippen LogP contribution in [0.15, 0.2) is 24.4 Å². The molecule has 0 saturated carbocycles. The minimum Gasteiger partial charge on any atom is -0.349 e. The van der Waals surface area contributed by atoms with E-state index in [1.54, 1.807) is 0 Å². The number of benzene rings is 1. The first kappa shape index (κ1) is 13.8. The number of aromatic nitrogens is 2. The van der Waals surface area contributed by atoms with Crippen LogP contribution in [0.25, 0.3) is 0 Å². The number of fused-ring (bicyclic) bond motifs is 1. The molecule has 0 fully saturated rings. The summed E-state index contributed by atoms with van der Waals surface area (Å²) in [6.45, 7) is 0.315. The van der Waals surface area contributed by atoms with Crippen molar-refractivity contribution in [2.24, 2.45) is 0 Å². The number of rotatable bonds is 1. The lowest BCUT2D eigenvalue weighted by Crippen LogP contribution is -2.22. The Hall–Kier alpha value is -2.12. The van der Waals surface area contributed by atoms with E-state index in [4.69, 9.17) is 0 Å². The maximum absolute atomic E-state index is 13.2. The Morgan fingerprint density at radius 1 is 1.19 bits per heavy atom. The number of nitrogens with one attached hydrogen (secondary N) is 1. The lowest BCUT2D eigenvalue weighted by Gasteiger charge is -2.25. The molecule has 0 aliphatic carbocycles. The Bertz CT molecular complexity index is 677. The average molecular weight is 303 g/mol. The number of aryl methyl sites for hydroxylation is 1. The summed E-state index contributed by atoms with van der Waals surface area (Å²) < 4.78 is 65.3. The first-order valence-electron chi connectivity index (χ1n) is 6.20. The predicted octanol–water partition coefficient (Wildman–Crippen LogP) is 3.74. The third-order valence-electron chi connectivity index (χ3n) is 3.37. The number of halogens is 5. The molecule has 1 aliphatic heterocycles. The summed E-state index contributed by atoms with van der Waals surface area (Å²) >= 11 is 0. The monoisotopic (exact) mass is 303 g/mol. The van der Waals surface area contributed by atoms with Crippen molar-refractivity contribution in [3.63, 3.8) is 0 Å². The van der Waals surface area contributed by atoms with Crippen LogP contribution in [-0.4, -0.2) is 9.55 Å². The molecule has 0 radical (unpaired) electrons. The molecule has 21 heavy (non-hydrogen) atoms. The van der Waals surface area contributed by atoms with E-state index in [-0.39, 0.29) is 5.95 Å². The van der Waals surface area contributed by atoms with Crippen LogP contribution >= 0.6 is 0 Å². The lowest BCUT2D eigenvalue weighted by atomic mass is 10.0. The zero-order valence-electron chi connectivity index (χ0n) is 10.6. The van der Waals surface area contributed by atoms with E-state index in [2.05, 4.69) is 10.3 Å². The second kappa shape index (κ2) is 4.71. The third-order valence-corrected chi connectivity index (χ3v) is 3.37. The van der Waals surface area contributed by atoms with Crippen molar-refractivity contribution in [3.8, 4) is 0 Å². The van der Waals surface area contributed by atoms with Crippen LogP contribution < -0.4 is 5.32 Å². The molecule has 1 aliphatic rings. The van der Waals surface area contributed by atoms with E-state index in [9.17, 15) is 22.0 Å². The molecule has 1 N–H and O–H groups in total. The summed E-state index contributed by atoms with van der Waals surface area (Å²) in [6, 6.07) is 3.03. The number of hydrogen-bond acceptors (Lipinski definition) is 2. The van der Waals surface area contributed by atoms with Crippen LogP contribution in [0, 0.1) is 11.6 Å². The van der Waals surface area contributed by atoms with Crippen molar-refractivity contribution in [2.45, 2.75) is 25.2 Å². The first-order valence-corrected chi connectivity index (χ1v) is 6.20. The fourth-order valence-electron chi connectivity index (χ4n) is 2.31. The van der Waals surface area contributed by atoms with E-state index in [0.29, 0.717) is 18.5 Å². The van der Waals surface area contributed by atoms with Gasteiger partial charge in [0.2, 0.25) is 5.95 Å². The van der Waals surface area contributed by atoms with Gasteiger partial charge in [-0.15, -0.1) is 0 Å². The Morgan fingerprint density at radius 3 is 2.62 bits per heavy atom. The normalized spacial score (nSPS) is 18.2. The van der Waals surface area contributed by atoms with Crippen molar-refractivity contribution in [2.75, 3.05) is 5.32 Å². The SMILES string of the molecule is Fc1ccc(C2CCn3cc(C(F)(F)F)nc3N2)cc1F. The summed E-state index contributed by atoms with van der Waals surface area (Å²) in [5.74, 6) is -1.88. The van der Waals surface area contributed by atoms with Crippen molar-refractivity contribution in [3.05, 3.63) is 47.3 Å². The lowest BCUT2D eigenvalue weighted by molar-refractivity contribution is -0.140. The van der Waals surface area contributed by atoms with Crippen LogP contribution in [0.4, 0.5) is 27.9 Å². The highest BCUT2D eigenvalue weighted by Gasteiger charge is 2.36. The molecular formula is C13H10F5N3. The minimum absolute atomic E-state index is 0.0725. The molecule has 0 bridgehead atoms. The number of alkyl halides is 3. The van der Waals surface area contributed by atoms with Crippen molar-refractivity contribution >= 4 is 5.95 Å². The summed E-state index contributed by atoms with van der Waals surface area (Å²) in [5.41, 5.74) is -0.507. The molecule has 3 nitrogen and oxygen atoms in total. The zero-order valence-corrected chi connectivity index (χ0v) is 10.6. The van der Waals surface area contributed by atoms with Gasteiger partial charge in [0.05, 0.1) is 6.04 Å². The molecule has 0 spiro atoms. The van der Waals surface area contributed by atoms with Gasteiger partial charge in [-0.2, -0.15) is 13.2 Å². The van der Waals surface area contributed by atoms with Crippen molar-refractivity contribution in [1.82, 2.24) is 9.55 Å². The smallest absolute Gasteiger partial charge is 0.349 e. The highest BCUT2D eigenvalue weighted by atomic mass is 19.4. The van der Waals surface area contributed by atoms with Gasteiger partial charge in [0.25, 0.3) is 0 Å². The van der Waals surface area contributed by atoms with E-state index >= 15 is 0 Å². The van der Waals surface area contributed by atoms with E-state index in [0.717, 1.165) is 18.3 Å². The highest BCUT2D eigenvalue weighted by Crippen LogP contribution is 2.34. The van der Waals surface area contributed by atoms with Gasteiger partial charge < -0.3 is 9.88 Å². The van der Waals surface area contributed by atoms with Crippen LogP contribution in [0.5, 0.6) is 0 Å². The van der Waals surface area contributed by atoms with Gasteiger partial charge >= 0.3 is 6.18 Å². The van der Waals surface area contributed by atoms with Gasteiger partial charge in [0.15, 0.2) is 17.3 Å². The Kier molecular flexibility index (Phi) is 3.11. The minimum atomic E-state index is -4.51. The highest BCUT2D eigenvalue weighted by molar-refractivity contribution is 5.37. The summed E-state index contributed by atoms with van der Waals surface area (Å²) in [7, 11) is 0.